The van der Waals surface area contributed by atoms with Crippen molar-refractivity contribution in [2.24, 2.45) is 0 Å². The van der Waals surface area contributed by atoms with E-state index in [0.717, 1.165) is 11.1 Å². The van der Waals surface area contributed by atoms with Gasteiger partial charge in [0.15, 0.2) is 5.43 Å². The Kier molecular flexibility index (Phi) is 5.24. The predicted molar refractivity (Wildman–Crippen MR) is 112 cm³/mol. The first-order valence-electron chi connectivity index (χ1n) is 10.0. The fraction of sp³-hybridized carbons (Fsp3) is 0.333. The van der Waals surface area contributed by atoms with Crippen LogP contribution in [0.1, 0.15) is 53.6 Å². The van der Waals surface area contributed by atoms with E-state index in [1.807, 2.05) is 63.2 Å². The number of ether oxygens (including phenoxy) is 1. The first kappa shape index (κ1) is 19.4. The molecule has 0 spiro atoms. The van der Waals surface area contributed by atoms with Crippen LogP contribution in [0.4, 0.5) is 0 Å². The fourth-order valence-corrected chi connectivity index (χ4v) is 3.90. The summed E-state index contributed by atoms with van der Waals surface area (Å²) in [4.78, 5) is 28.4. The van der Waals surface area contributed by atoms with E-state index in [1.165, 1.54) is 0 Å². The highest BCUT2D eigenvalue weighted by atomic mass is 16.5. The van der Waals surface area contributed by atoms with E-state index in [-0.39, 0.29) is 23.2 Å². The van der Waals surface area contributed by atoms with Crippen molar-refractivity contribution < 1.29 is 13.9 Å². The van der Waals surface area contributed by atoms with E-state index in [0.29, 0.717) is 36.1 Å². The van der Waals surface area contributed by atoms with Crippen LogP contribution in [0.5, 0.6) is 0 Å². The summed E-state index contributed by atoms with van der Waals surface area (Å²) in [6.45, 7) is 6.96. The maximum absolute atomic E-state index is 13.4. The van der Waals surface area contributed by atoms with Crippen LogP contribution >= 0.6 is 0 Å². The highest BCUT2D eigenvalue weighted by Crippen LogP contribution is 2.38. The average molecular weight is 391 g/mol. The average Bonchev–Trinajstić information content (AvgIpc) is 2.99. The third-order valence-electron chi connectivity index (χ3n) is 5.23. The molecule has 1 aliphatic heterocycles. The van der Waals surface area contributed by atoms with Crippen molar-refractivity contribution in [3.8, 4) is 0 Å². The number of hydrogen-bond acceptors (Lipinski definition) is 4. The topological polar surface area (TPSA) is 59.8 Å². The molecular weight excluding hydrogens is 366 g/mol. The number of fused-ring (bicyclic) bond motifs is 2. The van der Waals surface area contributed by atoms with Gasteiger partial charge >= 0.3 is 0 Å². The lowest BCUT2D eigenvalue weighted by molar-refractivity contribution is 0.0593. The van der Waals surface area contributed by atoms with Crippen molar-refractivity contribution >= 4 is 16.9 Å². The summed E-state index contributed by atoms with van der Waals surface area (Å²) < 4.78 is 11.6. The second-order valence-electron chi connectivity index (χ2n) is 7.76. The van der Waals surface area contributed by atoms with Crippen molar-refractivity contribution in [2.45, 2.75) is 39.3 Å². The predicted octanol–water partition coefficient (Wildman–Crippen LogP) is 4.46. The Labute approximate surface area is 169 Å². The van der Waals surface area contributed by atoms with Crippen LogP contribution in [0.25, 0.3) is 11.0 Å². The first-order chi connectivity index (χ1) is 14.0. The third kappa shape index (κ3) is 3.58. The van der Waals surface area contributed by atoms with Gasteiger partial charge < -0.3 is 14.1 Å². The summed E-state index contributed by atoms with van der Waals surface area (Å²) in [7, 11) is 0. The molecule has 0 fully saturated rings. The molecule has 0 aliphatic carbocycles. The van der Waals surface area contributed by atoms with E-state index >= 15 is 0 Å². The first-order valence-corrected chi connectivity index (χ1v) is 10.0. The number of aryl methyl sites for hydroxylation is 1. The minimum absolute atomic E-state index is 0.131. The molecule has 0 saturated heterocycles. The minimum atomic E-state index is -0.445. The fourth-order valence-electron chi connectivity index (χ4n) is 3.90. The van der Waals surface area contributed by atoms with Gasteiger partial charge in [0.25, 0.3) is 5.91 Å². The van der Waals surface area contributed by atoms with Crippen molar-refractivity contribution in [1.82, 2.24) is 4.90 Å². The van der Waals surface area contributed by atoms with Crippen LogP contribution in [-0.4, -0.2) is 30.1 Å². The summed E-state index contributed by atoms with van der Waals surface area (Å²) in [5, 5.41) is 0.516. The zero-order chi connectivity index (χ0) is 20.5. The molecule has 0 N–H and O–H groups in total. The Bertz CT molecular complexity index is 1100. The van der Waals surface area contributed by atoms with Crippen molar-refractivity contribution in [2.75, 3.05) is 13.2 Å². The van der Waals surface area contributed by atoms with Crippen LogP contribution in [0.15, 0.2) is 57.7 Å². The van der Waals surface area contributed by atoms with Gasteiger partial charge in [0, 0.05) is 13.2 Å². The van der Waals surface area contributed by atoms with E-state index < -0.39 is 6.04 Å². The van der Waals surface area contributed by atoms with Gasteiger partial charge in [0.05, 0.1) is 23.1 Å². The van der Waals surface area contributed by atoms with Crippen molar-refractivity contribution in [1.29, 1.82) is 0 Å². The summed E-state index contributed by atoms with van der Waals surface area (Å²) in [6, 6.07) is 14.7. The number of amides is 1. The van der Waals surface area contributed by atoms with E-state index in [1.54, 1.807) is 11.0 Å². The minimum Gasteiger partial charge on any atom is -0.450 e. The normalized spacial score (nSPS) is 16.1. The van der Waals surface area contributed by atoms with Gasteiger partial charge in [-0.15, -0.1) is 0 Å². The number of nitrogens with zero attached hydrogens (tertiary/aromatic N) is 1. The molecule has 2 heterocycles. The Morgan fingerprint density at radius 3 is 2.59 bits per heavy atom. The number of hydrogen-bond donors (Lipinski definition) is 0. The Morgan fingerprint density at radius 1 is 1.10 bits per heavy atom. The van der Waals surface area contributed by atoms with Crippen LogP contribution in [-0.2, 0) is 4.74 Å². The lowest BCUT2D eigenvalue weighted by atomic mass is 9.98. The standard InChI is InChI=1S/C24H25NO4/c1-15(2)28-13-7-12-25-21(17-8-5-4-6-9-17)20-22(26)18-14-16(3)10-11-19(18)29-23(20)24(25)27/h4-6,8-11,14-15,21H,7,12-13H2,1-3H3/t21-/m1/s1. The van der Waals surface area contributed by atoms with Crippen LogP contribution in [0.3, 0.4) is 0 Å². The highest BCUT2D eigenvalue weighted by Gasteiger charge is 2.42. The molecular formula is C24H25NO4. The molecule has 150 valence electrons. The smallest absolute Gasteiger partial charge is 0.290 e. The molecule has 3 aromatic rings. The maximum Gasteiger partial charge on any atom is 0.290 e. The molecule has 2 aromatic carbocycles. The van der Waals surface area contributed by atoms with Crippen molar-refractivity contribution in [3.63, 3.8) is 0 Å². The molecule has 5 nitrogen and oxygen atoms in total. The summed E-state index contributed by atoms with van der Waals surface area (Å²) >= 11 is 0. The van der Waals surface area contributed by atoms with Crippen molar-refractivity contribution in [3.05, 3.63) is 81.2 Å². The van der Waals surface area contributed by atoms with Crippen LogP contribution in [0.2, 0.25) is 0 Å². The van der Waals surface area contributed by atoms with E-state index in [9.17, 15) is 9.59 Å². The highest BCUT2D eigenvalue weighted by molar-refractivity contribution is 5.99. The second kappa shape index (κ2) is 7.84. The van der Waals surface area contributed by atoms with E-state index in [4.69, 9.17) is 9.15 Å². The monoisotopic (exact) mass is 391 g/mol. The lowest BCUT2D eigenvalue weighted by Crippen LogP contribution is -2.31. The van der Waals surface area contributed by atoms with Crippen LogP contribution < -0.4 is 5.43 Å². The Hall–Kier alpha value is -2.92. The zero-order valence-corrected chi connectivity index (χ0v) is 17.0. The molecule has 1 atom stereocenters. The largest absolute Gasteiger partial charge is 0.450 e. The van der Waals surface area contributed by atoms with Gasteiger partial charge in [-0.3, -0.25) is 9.59 Å². The van der Waals surface area contributed by atoms with Gasteiger partial charge in [-0.25, -0.2) is 0 Å². The van der Waals surface area contributed by atoms with Crippen LogP contribution in [0, 0.1) is 6.92 Å². The lowest BCUT2D eigenvalue weighted by Gasteiger charge is -2.25. The molecule has 0 bridgehead atoms. The summed E-state index contributed by atoms with van der Waals surface area (Å²) in [6.07, 6.45) is 0.830. The molecule has 0 saturated carbocycles. The summed E-state index contributed by atoms with van der Waals surface area (Å²) in [5.74, 6) is -0.0806. The Balaban J connectivity index is 1.80. The number of carbonyl (C=O) groups excluding carboxylic acids is 1. The molecule has 29 heavy (non-hydrogen) atoms. The number of rotatable bonds is 6. The van der Waals surface area contributed by atoms with Gasteiger partial charge in [0.1, 0.15) is 5.58 Å². The number of benzene rings is 2. The number of carbonyl (C=O) groups is 1. The quantitative estimate of drug-likeness (QED) is 0.582. The van der Waals surface area contributed by atoms with Gasteiger partial charge in [-0.2, -0.15) is 0 Å². The molecule has 1 aliphatic rings. The molecule has 1 amide bonds. The SMILES string of the molecule is Cc1ccc2oc3c(c(=O)c2c1)[C@@H](c1ccccc1)N(CCCOC(C)C)C3=O. The van der Waals surface area contributed by atoms with Gasteiger partial charge in [-0.05, 0) is 44.9 Å². The second-order valence-corrected chi connectivity index (χ2v) is 7.76. The summed E-state index contributed by atoms with van der Waals surface area (Å²) in [5.41, 5.74) is 2.64. The third-order valence-corrected chi connectivity index (χ3v) is 5.23. The Morgan fingerprint density at radius 2 is 1.86 bits per heavy atom. The molecule has 0 unspecified atom stereocenters. The maximum atomic E-state index is 13.4. The molecule has 5 heteroatoms. The molecule has 0 radical (unpaired) electrons. The molecule has 4 rings (SSSR count). The van der Waals surface area contributed by atoms with E-state index in [2.05, 4.69) is 0 Å². The van der Waals surface area contributed by atoms with Gasteiger partial charge in [-0.1, -0.05) is 42.0 Å². The van der Waals surface area contributed by atoms with Gasteiger partial charge in [0.2, 0.25) is 5.76 Å². The molecule has 1 aromatic heterocycles. The zero-order valence-electron chi connectivity index (χ0n) is 17.0.